The molecule has 1 aromatic heterocycles. The molecule has 0 radical (unpaired) electrons. The van der Waals surface area contributed by atoms with E-state index < -0.39 is 0 Å². The maximum atomic E-state index is 12.3. The zero-order valence-corrected chi connectivity index (χ0v) is 12.7. The van der Waals surface area contributed by atoms with Gasteiger partial charge in [-0.05, 0) is 54.8 Å². The molecule has 0 aliphatic carbocycles. The third-order valence-electron chi connectivity index (χ3n) is 3.81. The number of anilines is 2. The molecule has 1 aromatic carbocycles. The highest BCUT2D eigenvalue weighted by molar-refractivity contribution is 6.05. The molecule has 23 heavy (non-hydrogen) atoms. The van der Waals surface area contributed by atoms with Crippen LogP contribution in [-0.4, -0.2) is 23.3 Å². The van der Waals surface area contributed by atoms with Crippen LogP contribution in [0.3, 0.4) is 0 Å². The van der Waals surface area contributed by atoms with Crippen molar-refractivity contribution in [2.45, 2.75) is 12.8 Å². The molecule has 5 nitrogen and oxygen atoms in total. The van der Waals surface area contributed by atoms with Crippen molar-refractivity contribution in [3.05, 3.63) is 66.4 Å². The number of carbonyl (C=O) groups excluding carboxylic acids is 2. The van der Waals surface area contributed by atoms with Crippen LogP contribution in [0, 0.1) is 0 Å². The number of hydrogen-bond donors (Lipinski definition) is 1. The monoisotopic (exact) mass is 307 g/mol. The Bertz CT molecular complexity index is 756. The van der Waals surface area contributed by atoms with Gasteiger partial charge in [0.05, 0.1) is 0 Å². The van der Waals surface area contributed by atoms with Gasteiger partial charge in [-0.3, -0.25) is 9.59 Å². The Morgan fingerprint density at radius 3 is 2.87 bits per heavy atom. The lowest BCUT2D eigenvalue weighted by Crippen LogP contribution is -2.34. The van der Waals surface area contributed by atoms with Gasteiger partial charge in [0, 0.05) is 24.0 Å². The third kappa shape index (κ3) is 3.13. The van der Waals surface area contributed by atoms with Gasteiger partial charge in [-0.15, -0.1) is 0 Å². The molecule has 0 bridgehead atoms. The summed E-state index contributed by atoms with van der Waals surface area (Å²) >= 11 is 0. The predicted molar refractivity (Wildman–Crippen MR) is 89.5 cm³/mol. The molecule has 0 atom stereocenters. The molecule has 0 fully saturated rings. The van der Waals surface area contributed by atoms with Crippen molar-refractivity contribution in [2.24, 2.45) is 0 Å². The van der Waals surface area contributed by atoms with Crippen LogP contribution >= 0.6 is 0 Å². The molecule has 116 valence electrons. The molecule has 2 heterocycles. The van der Waals surface area contributed by atoms with Gasteiger partial charge in [-0.1, -0.05) is 12.6 Å². The van der Waals surface area contributed by atoms with Crippen LogP contribution in [-0.2, 0) is 11.2 Å². The van der Waals surface area contributed by atoms with Crippen LogP contribution in [0.4, 0.5) is 11.5 Å². The van der Waals surface area contributed by atoms with Crippen molar-refractivity contribution in [1.29, 1.82) is 0 Å². The standard InChI is InChI=1S/C18H17N3O2/c1-2-17(22)21-11-5-6-13-12-14(8-9-15(13)21)18(23)20-16-7-3-4-10-19-16/h2-4,7-10,12H,1,5-6,11H2,(H,19,20,23). The second-order valence-electron chi connectivity index (χ2n) is 5.31. The molecule has 1 N–H and O–H groups in total. The number of aromatic nitrogens is 1. The van der Waals surface area contributed by atoms with E-state index in [0.717, 1.165) is 24.1 Å². The Labute approximate surface area is 134 Å². The second kappa shape index (κ2) is 6.44. The molecule has 5 heteroatoms. The fraction of sp³-hybridized carbons (Fsp3) is 0.167. The van der Waals surface area contributed by atoms with E-state index >= 15 is 0 Å². The molecule has 0 saturated heterocycles. The van der Waals surface area contributed by atoms with Crippen LogP contribution in [0.25, 0.3) is 0 Å². The van der Waals surface area contributed by atoms with Crippen LogP contribution in [0.5, 0.6) is 0 Å². The van der Waals surface area contributed by atoms with Gasteiger partial charge in [-0.2, -0.15) is 0 Å². The minimum atomic E-state index is -0.210. The number of aryl methyl sites for hydroxylation is 1. The van der Waals surface area contributed by atoms with E-state index in [1.165, 1.54) is 6.08 Å². The Hall–Kier alpha value is -2.95. The van der Waals surface area contributed by atoms with Crippen molar-refractivity contribution in [1.82, 2.24) is 4.98 Å². The van der Waals surface area contributed by atoms with Gasteiger partial charge in [0.15, 0.2) is 0 Å². The fourth-order valence-electron chi connectivity index (χ4n) is 2.70. The smallest absolute Gasteiger partial charge is 0.256 e. The molecule has 0 unspecified atom stereocenters. The lowest BCUT2D eigenvalue weighted by atomic mass is 9.98. The highest BCUT2D eigenvalue weighted by Crippen LogP contribution is 2.28. The first-order chi connectivity index (χ1) is 11.2. The summed E-state index contributed by atoms with van der Waals surface area (Å²) < 4.78 is 0. The maximum Gasteiger partial charge on any atom is 0.256 e. The second-order valence-corrected chi connectivity index (χ2v) is 5.31. The van der Waals surface area contributed by atoms with E-state index in [0.29, 0.717) is 17.9 Å². The van der Waals surface area contributed by atoms with E-state index in [-0.39, 0.29) is 11.8 Å². The van der Waals surface area contributed by atoms with Crippen LogP contribution in [0.15, 0.2) is 55.3 Å². The Morgan fingerprint density at radius 2 is 2.13 bits per heavy atom. The van der Waals surface area contributed by atoms with E-state index in [2.05, 4.69) is 16.9 Å². The summed E-state index contributed by atoms with van der Waals surface area (Å²) in [6.07, 6.45) is 4.66. The number of nitrogens with zero attached hydrogens (tertiary/aromatic N) is 2. The van der Waals surface area contributed by atoms with Crippen molar-refractivity contribution in [3.8, 4) is 0 Å². The van der Waals surface area contributed by atoms with Gasteiger partial charge in [0.2, 0.25) is 5.91 Å². The molecule has 2 aromatic rings. The first kappa shape index (κ1) is 15.0. The Balaban J connectivity index is 1.84. The highest BCUT2D eigenvalue weighted by Gasteiger charge is 2.21. The van der Waals surface area contributed by atoms with E-state index in [4.69, 9.17) is 0 Å². The van der Waals surface area contributed by atoms with Gasteiger partial charge < -0.3 is 10.2 Å². The lowest BCUT2D eigenvalue weighted by Gasteiger charge is -2.28. The van der Waals surface area contributed by atoms with Crippen molar-refractivity contribution < 1.29 is 9.59 Å². The zero-order valence-electron chi connectivity index (χ0n) is 12.7. The van der Waals surface area contributed by atoms with Crippen LogP contribution in [0.1, 0.15) is 22.3 Å². The fourth-order valence-corrected chi connectivity index (χ4v) is 2.70. The molecular weight excluding hydrogens is 290 g/mol. The Kier molecular flexibility index (Phi) is 4.19. The minimum absolute atomic E-state index is 0.114. The number of hydrogen-bond acceptors (Lipinski definition) is 3. The largest absolute Gasteiger partial charge is 0.309 e. The number of fused-ring (bicyclic) bond motifs is 1. The Morgan fingerprint density at radius 1 is 1.26 bits per heavy atom. The van der Waals surface area contributed by atoms with Gasteiger partial charge in [0.25, 0.3) is 5.91 Å². The lowest BCUT2D eigenvalue weighted by molar-refractivity contribution is -0.114. The highest BCUT2D eigenvalue weighted by atomic mass is 16.2. The van der Waals surface area contributed by atoms with E-state index in [9.17, 15) is 9.59 Å². The summed E-state index contributed by atoms with van der Waals surface area (Å²) in [6, 6.07) is 10.7. The summed E-state index contributed by atoms with van der Waals surface area (Å²) in [5, 5.41) is 2.76. The maximum absolute atomic E-state index is 12.3. The summed E-state index contributed by atoms with van der Waals surface area (Å²) in [6.45, 7) is 4.22. The van der Waals surface area contributed by atoms with Crippen LogP contribution < -0.4 is 10.2 Å². The quantitative estimate of drug-likeness (QED) is 0.887. The molecule has 0 spiro atoms. The van der Waals surface area contributed by atoms with Gasteiger partial charge >= 0.3 is 0 Å². The number of nitrogens with one attached hydrogen (secondary N) is 1. The first-order valence-corrected chi connectivity index (χ1v) is 7.48. The number of amides is 2. The van der Waals surface area contributed by atoms with Gasteiger partial charge in [-0.25, -0.2) is 4.98 Å². The summed E-state index contributed by atoms with van der Waals surface area (Å²) in [5.74, 6) is 0.189. The van der Waals surface area contributed by atoms with Crippen LogP contribution in [0.2, 0.25) is 0 Å². The zero-order chi connectivity index (χ0) is 16.2. The number of benzene rings is 1. The molecule has 2 amide bonds. The summed E-state index contributed by atoms with van der Waals surface area (Å²) in [5.41, 5.74) is 2.41. The normalized spacial score (nSPS) is 13.1. The van der Waals surface area contributed by atoms with E-state index in [1.807, 2.05) is 18.2 Å². The average molecular weight is 307 g/mol. The van der Waals surface area contributed by atoms with Gasteiger partial charge in [0.1, 0.15) is 5.82 Å². The molecule has 0 saturated carbocycles. The van der Waals surface area contributed by atoms with Crippen molar-refractivity contribution >= 4 is 23.3 Å². The predicted octanol–water partition coefficient (Wildman–Crippen LogP) is 2.80. The van der Waals surface area contributed by atoms with Crippen molar-refractivity contribution in [2.75, 3.05) is 16.8 Å². The molecule has 1 aliphatic rings. The topological polar surface area (TPSA) is 62.3 Å². The number of pyridine rings is 1. The summed E-state index contributed by atoms with van der Waals surface area (Å²) in [4.78, 5) is 30.0. The molecular formula is C18H17N3O2. The number of carbonyl (C=O) groups is 2. The first-order valence-electron chi connectivity index (χ1n) is 7.48. The van der Waals surface area contributed by atoms with Crippen molar-refractivity contribution in [3.63, 3.8) is 0 Å². The molecule has 1 aliphatic heterocycles. The minimum Gasteiger partial charge on any atom is -0.309 e. The molecule has 3 rings (SSSR count). The summed E-state index contributed by atoms with van der Waals surface area (Å²) in [7, 11) is 0. The average Bonchev–Trinajstić information content (AvgIpc) is 2.60. The SMILES string of the molecule is C=CC(=O)N1CCCc2cc(C(=O)Nc3ccccn3)ccc21. The number of rotatable bonds is 3. The van der Waals surface area contributed by atoms with E-state index in [1.54, 1.807) is 29.3 Å². The third-order valence-corrected chi connectivity index (χ3v) is 3.81.